The van der Waals surface area contributed by atoms with Crippen molar-refractivity contribution < 1.29 is 4.79 Å². The molecule has 0 saturated heterocycles. The molecule has 3 nitrogen and oxygen atoms in total. The van der Waals surface area contributed by atoms with Crippen molar-refractivity contribution >= 4 is 23.2 Å². The molecule has 1 aromatic carbocycles. The summed E-state index contributed by atoms with van der Waals surface area (Å²) in [5, 5.41) is 4.01. The first kappa shape index (κ1) is 14.2. The normalized spacial score (nSPS) is 30.9. The molecule has 1 aliphatic carbocycles. The van der Waals surface area contributed by atoms with Crippen LogP contribution >= 0.6 is 11.6 Å². The smallest absolute Gasteiger partial charge is 0.243 e. The summed E-state index contributed by atoms with van der Waals surface area (Å²) in [6.45, 7) is 4.29. The standard InChI is InChI=1S/C15H21ClN2O/c1-10-5-4-8-15(11(10)2,14(17)19)18-13-7-3-6-12(16)9-13/h3,6-7,9-11,18H,4-5,8H2,1-2H3,(H2,17,19). The highest BCUT2D eigenvalue weighted by atomic mass is 35.5. The third-order valence-electron chi connectivity index (χ3n) is 4.49. The van der Waals surface area contributed by atoms with Crippen LogP contribution in [-0.2, 0) is 4.79 Å². The second-order valence-electron chi connectivity index (χ2n) is 5.63. The summed E-state index contributed by atoms with van der Waals surface area (Å²) in [5.41, 5.74) is 5.90. The van der Waals surface area contributed by atoms with E-state index >= 15 is 0 Å². The van der Waals surface area contributed by atoms with Crippen LogP contribution in [-0.4, -0.2) is 11.4 Å². The van der Waals surface area contributed by atoms with Crippen LogP contribution in [0, 0.1) is 11.8 Å². The number of rotatable bonds is 3. The highest BCUT2D eigenvalue weighted by Gasteiger charge is 2.46. The zero-order chi connectivity index (χ0) is 14.0. The number of amides is 1. The average Bonchev–Trinajstić information content (AvgIpc) is 2.35. The number of primary amides is 1. The molecule has 1 fully saturated rings. The molecule has 0 bridgehead atoms. The van der Waals surface area contributed by atoms with Gasteiger partial charge in [0.1, 0.15) is 5.54 Å². The number of carbonyl (C=O) groups excluding carboxylic acids is 1. The predicted molar refractivity (Wildman–Crippen MR) is 79.2 cm³/mol. The van der Waals surface area contributed by atoms with Gasteiger partial charge < -0.3 is 11.1 Å². The molecular formula is C15H21ClN2O. The Morgan fingerprint density at radius 3 is 2.84 bits per heavy atom. The van der Waals surface area contributed by atoms with Gasteiger partial charge in [-0.25, -0.2) is 0 Å². The van der Waals surface area contributed by atoms with Crippen molar-refractivity contribution in [2.24, 2.45) is 17.6 Å². The van der Waals surface area contributed by atoms with Crippen molar-refractivity contribution in [1.82, 2.24) is 0 Å². The number of halogens is 1. The molecule has 1 saturated carbocycles. The number of benzene rings is 1. The molecule has 3 N–H and O–H groups in total. The Kier molecular flexibility index (Phi) is 4.04. The number of carbonyl (C=O) groups is 1. The Hall–Kier alpha value is -1.22. The monoisotopic (exact) mass is 280 g/mol. The Balaban J connectivity index is 2.32. The first-order valence-electron chi connectivity index (χ1n) is 6.79. The second-order valence-corrected chi connectivity index (χ2v) is 6.07. The molecule has 3 unspecified atom stereocenters. The summed E-state index contributed by atoms with van der Waals surface area (Å²) >= 11 is 6.00. The summed E-state index contributed by atoms with van der Waals surface area (Å²) in [6.07, 6.45) is 2.94. The molecule has 4 heteroatoms. The van der Waals surface area contributed by atoms with Crippen molar-refractivity contribution in [1.29, 1.82) is 0 Å². The number of hydrogen-bond donors (Lipinski definition) is 2. The fraction of sp³-hybridized carbons (Fsp3) is 0.533. The minimum Gasteiger partial charge on any atom is -0.371 e. The van der Waals surface area contributed by atoms with Gasteiger partial charge in [0.25, 0.3) is 0 Å². The highest BCUT2D eigenvalue weighted by molar-refractivity contribution is 6.30. The highest BCUT2D eigenvalue weighted by Crippen LogP contribution is 2.40. The molecule has 2 rings (SSSR count). The van der Waals surface area contributed by atoms with E-state index in [1.165, 1.54) is 0 Å². The van der Waals surface area contributed by atoms with Gasteiger partial charge in [0.05, 0.1) is 0 Å². The maximum Gasteiger partial charge on any atom is 0.243 e. The molecule has 1 amide bonds. The van der Waals surface area contributed by atoms with Crippen LogP contribution in [0.2, 0.25) is 5.02 Å². The lowest BCUT2D eigenvalue weighted by atomic mass is 9.67. The molecule has 0 radical (unpaired) electrons. The van der Waals surface area contributed by atoms with Crippen LogP contribution in [0.3, 0.4) is 0 Å². The molecule has 0 aromatic heterocycles. The zero-order valence-electron chi connectivity index (χ0n) is 11.4. The molecule has 3 atom stereocenters. The maximum atomic E-state index is 12.0. The van der Waals surface area contributed by atoms with Gasteiger partial charge in [0.15, 0.2) is 0 Å². The van der Waals surface area contributed by atoms with Gasteiger partial charge in [0.2, 0.25) is 5.91 Å². The molecule has 0 spiro atoms. The van der Waals surface area contributed by atoms with Crippen LogP contribution in [0.25, 0.3) is 0 Å². The van der Waals surface area contributed by atoms with E-state index in [9.17, 15) is 4.79 Å². The topological polar surface area (TPSA) is 55.1 Å². The van der Waals surface area contributed by atoms with Crippen molar-refractivity contribution in [2.45, 2.75) is 38.6 Å². The van der Waals surface area contributed by atoms with E-state index in [0.717, 1.165) is 24.9 Å². The minimum absolute atomic E-state index is 0.206. The molecular weight excluding hydrogens is 260 g/mol. The SMILES string of the molecule is CC1CCCC(Nc2cccc(Cl)c2)(C(N)=O)C1C. The van der Waals surface area contributed by atoms with E-state index < -0.39 is 5.54 Å². The number of anilines is 1. The number of nitrogens with one attached hydrogen (secondary N) is 1. The first-order valence-corrected chi connectivity index (χ1v) is 7.17. The largest absolute Gasteiger partial charge is 0.371 e. The van der Waals surface area contributed by atoms with E-state index in [1.807, 2.05) is 24.3 Å². The Bertz CT molecular complexity index is 477. The molecule has 1 aliphatic rings. The number of nitrogens with two attached hydrogens (primary N) is 1. The van der Waals surface area contributed by atoms with E-state index in [-0.39, 0.29) is 11.8 Å². The lowest BCUT2D eigenvalue weighted by Crippen LogP contribution is -2.58. The van der Waals surface area contributed by atoms with Gasteiger partial charge in [-0.05, 0) is 36.5 Å². The lowest BCUT2D eigenvalue weighted by molar-refractivity contribution is -0.125. The summed E-state index contributed by atoms with van der Waals surface area (Å²) in [6, 6.07) is 7.44. The van der Waals surface area contributed by atoms with Crippen LogP contribution in [0.4, 0.5) is 5.69 Å². The lowest BCUT2D eigenvalue weighted by Gasteiger charge is -2.44. The second kappa shape index (κ2) is 5.41. The van der Waals surface area contributed by atoms with E-state index in [2.05, 4.69) is 19.2 Å². The van der Waals surface area contributed by atoms with E-state index in [4.69, 9.17) is 17.3 Å². The van der Waals surface area contributed by atoms with E-state index in [0.29, 0.717) is 10.9 Å². The summed E-state index contributed by atoms with van der Waals surface area (Å²) in [5.74, 6) is 0.414. The zero-order valence-corrected chi connectivity index (χ0v) is 12.2. The third kappa shape index (κ3) is 2.71. The van der Waals surface area contributed by atoms with Crippen molar-refractivity contribution in [3.63, 3.8) is 0 Å². The van der Waals surface area contributed by atoms with Crippen molar-refractivity contribution in [3.05, 3.63) is 29.3 Å². The van der Waals surface area contributed by atoms with Crippen molar-refractivity contribution in [3.8, 4) is 0 Å². The van der Waals surface area contributed by atoms with Gasteiger partial charge in [-0.2, -0.15) is 0 Å². The third-order valence-corrected chi connectivity index (χ3v) is 4.73. The Morgan fingerprint density at radius 2 is 2.21 bits per heavy atom. The predicted octanol–water partition coefficient (Wildman–Crippen LogP) is 3.43. The Labute approximate surface area is 119 Å². The molecule has 0 aliphatic heterocycles. The quantitative estimate of drug-likeness (QED) is 0.891. The summed E-state index contributed by atoms with van der Waals surface area (Å²) in [7, 11) is 0. The van der Waals surface area contributed by atoms with Gasteiger partial charge in [0, 0.05) is 10.7 Å². The average molecular weight is 281 g/mol. The van der Waals surface area contributed by atoms with Gasteiger partial charge in [-0.3, -0.25) is 4.79 Å². The fourth-order valence-electron chi connectivity index (χ4n) is 3.08. The van der Waals surface area contributed by atoms with Crippen LogP contribution in [0.15, 0.2) is 24.3 Å². The maximum absolute atomic E-state index is 12.0. The van der Waals surface area contributed by atoms with E-state index in [1.54, 1.807) is 0 Å². The fourth-order valence-corrected chi connectivity index (χ4v) is 3.27. The summed E-state index contributed by atoms with van der Waals surface area (Å²) in [4.78, 5) is 12.0. The molecule has 0 heterocycles. The van der Waals surface area contributed by atoms with Crippen molar-refractivity contribution in [2.75, 3.05) is 5.32 Å². The minimum atomic E-state index is -0.664. The number of hydrogen-bond acceptors (Lipinski definition) is 2. The molecule has 19 heavy (non-hydrogen) atoms. The first-order chi connectivity index (χ1) is 8.95. The van der Waals surface area contributed by atoms with Gasteiger partial charge in [-0.15, -0.1) is 0 Å². The van der Waals surface area contributed by atoms with Crippen LogP contribution in [0.1, 0.15) is 33.1 Å². The van der Waals surface area contributed by atoms with Gasteiger partial charge in [-0.1, -0.05) is 44.4 Å². The van der Waals surface area contributed by atoms with Gasteiger partial charge >= 0.3 is 0 Å². The van der Waals surface area contributed by atoms with Crippen LogP contribution in [0.5, 0.6) is 0 Å². The summed E-state index contributed by atoms with van der Waals surface area (Å²) < 4.78 is 0. The molecule has 104 valence electrons. The molecule has 1 aromatic rings. The Morgan fingerprint density at radius 1 is 1.47 bits per heavy atom. The van der Waals surface area contributed by atoms with Crippen LogP contribution < -0.4 is 11.1 Å².